The van der Waals surface area contributed by atoms with Crippen LogP contribution in [0.1, 0.15) is 11.1 Å². The Morgan fingerprint density at radius 3 is 1.28 bits per heavy atom. The number of hydrogen-bond donors (Lipinski definition) is 1. The molecular weight excluding hydrogens is 284 g/mol. The first kappa shape index (κ1) is 13.8. The van der Waals surface area contributed by atoms with Gasteiger partial charge in [-0.15, -0.1) is 0 Å². The summed E-state index contributed by atoms with van der Waals surface area (Å²) in [4.78, 5) is 0. The Balaban J connectivity index is 2.56. The molecule has 4 heteroatoms. The van der Waals surface area contributed by atoms with Crippen LogP contribution < -0.4 is 16.1 Å². The van der Waals surface area contributed by atoms with Gasteiger partial charge in [-0.1, -0.05) is 0 Å². The molecule has 0 atom stereocenters. The summed E-state index contributed by atoms with van der Waals surface area (Å²) in [6.45, 7) is 4.03. The van der Waals surface area contributed by atoms with Crippen molar-refractivity contribution in [1.29, 1.82) is 0 Å². The number of rotatable bonds is 2. The third kappa shape index (κ3) is 2.55. The number of benzene rings is 2. The molecule has 0 saturated heterocycles. The first-order chi connectivity index (χ1) is 8.28. The molecule has 0 aliphatic rings. The fourth-order valence-electron chi connectivity index (χ4n) is 1.79. The zero-order valence-corrected chi connectivity index (χ0v) is 12.8. The van der Waals surface area contributed by atoms with E-state index in [9.17, 15) is 0 Å². The van der Waals surface area contributed by atoms with Gasteiger partial charge in [-0.3, -0.25) is 0 Å². The SMILES string of the molecule is Cc1ccc(P(N)(Cl)(Cl)c2ccc(C)cc2)cc1. The molecule has 2 rings (SSSR count). The second kappa shape index (κ2) is 4.51. The predicted molar refractivity (Wildman–Crippen MR) is 84.4 cm³/mol. The van der Waals surface area contributed by atoms with Crippen LogP contribution in [-0.2, 0) is 0 Å². The van der Waals surface area contributed by atoms with Gasteiger partial charge in [-0.05, 0) is 0 Å². The monoisotopic (exact) mass is 299 g/mol. The molecule has 2 N–H and O–H groups in total. The number of hydrogen-bond acceptors (Lipinski definition) is 1. The summed E-state index contributed by atoms with van der Waals surface area (Å²) >= 11 is 13.2. The topological polar surface area (TPSA) is 26.0 Å². The number of aryl methyl sites for hydroxylation is 2. The van der Waals surface area contributed by atoms with Crippen molar-refractivity contribution >= 4 is 38.6 Å². The van der Waals surface area contributed by atoms with Crippen LogP contribution in [0.5, 0.6) is 0 Å². The average Bonchev–Trinajstić information content (AvgIpc) is 2.29. The predicted octanol–water partition coefficient (Wildman–Crippen LogP) is 3.99. The number of nitrogens with two attached hydrogens (primary N) is 1. The van der Waals surface area contributed by atoms with Crippen LogP contribution in [0.3, 0.4) is 0 Å². The minimum atomic E-state index is -3.54. The van der Waals surface area contributed by atoms with E-state index in [1.54, 1.807) is 0 Å². The maximum absolute atomic E-state index is 6.62. The van der Waals surface area contributed by atoms with E-state index in [0.29, 0.717) is 0 Å². The average molecular weight is 300 g/mol. The van der Waals surface area contributed by atoms with E-state index in [-0.39, 0.29) is 0 Å². The molecule has 0 fully saturated rings. The minimum absolute atomic E-state index is 0.791. The molecular formula is C14H16Cl2NP. The molecule has 0 aliphatic heterocycles. The first-order valence-corrected chi connectivity index (χ1v) is 9.80. The Hall–Kier alpha value is -0.590. The first-order valence-electron chi connectivity index (χ1n) is 5.69. The normalized spacial score (nSPS) is 13.9. The molecule has 96 valence electrons. The summed E-state index contributed by atoms with van der Waals surface area (Å²) in [6.07, 6.45) is 0. The van der Waals surface area contributed by atoms with Crippen LogP contribution >= 0.6 is 27.9 Å². The molecule has 0 bridgehead atoms. The van der Waals surface area contributed by atoms with E-state index < -0.39 is 5.46 Å². The summed E-state index contributed by atoms with van der Waals surface area (Å²) in [5, 5.41) is 1.58. The van der Waals surface area contributed by atoms with Gasteiger partial charge in [0.25, 0.3) is 0 Å². The van der Waals surface area contributed by atoms with Crippen molar-refractivity contribution in [3.8, 4) is 0 Å². The van der Waals surface area contributed by atoms with Crippen molar-refractivity contribution in [2.45, 2.75) is 13.8 Å². The fraction of sp³-hybridized carbons (Fsp3) is 0.143. The van der Waals surface area contributed by atoms with Crippen LogP contribution in [0, 0.1) is 13.8 Å². The van der Waals surface area contributed by atoms with Crippen molar-refractivity contribution in [2.24, 2.45) is 5.50 Å². The summed E-state index contributed by atoms with van der Waals surface area (Å²) < 4.78 is 0. The Kier molecular flexibility index (Phi) is 3.46. The van der Waals surface area contributed by atoms with Gasteiger partial charge in [0, 0.05) is 0 Å². The van der Waals surface area contributed by atoms with Crippen molar-refractivity contribution in [3.05, 3.63) is 59.7 Å². The molecule has 0 amide bonds. The Labute approximate surface area is 117 Å². The molecule has 0 heterocycles. The van der Waals surface area contributed by atoms with E-state index in [4.69, 9.17) is 28.0 Å². The van der Waals surface area contributed by atoms with Crippen LogP contribution in [-0.4, -0.2) is 0 Å². The molecule has 2 aromatic carbocycles. The molecule has 1 nitrogen and oxygen atoms in total. The quantitative estimate of drug-likeness (QED) is 0.834. The van der Waals surface area contributed by atoms with Gasteiger partial charge in [0.05, 0.1) is 0 Å². The van der Waals surface area contributed by atoms with Gasteiger partial charge in [-0.2, -0.15) is 0 Å². The van der Waals surface area contributed by atoms with Crippen LogP contribution in [0.4, 0.5) is 0 Å². The van der Waals surface area contributed by atoms with E-state index in [2.05, 4.69) is 0 Å². The Bertz CT molecular complexity index is 504. The molecule has 2 aromatic rings. The fourth-order valence-corrected chi connectivity index (χ4v) is 4.83. The second-order valence-electron chi connectivity index (χ2n) is 4.64. The van der Waals surface area contributed by atoms with Gasteiger partial charge in [0.2, 0.25) is 0 Å². The van der Waals surface area contributed by atoms with Crippen molar-refractivity contribution in [1.82, 2.24) is 0 Å². The van der Waals surface area contributed by atoms with E-state index in [1.807, 2.05) is 62.4 Å². The molecule has 0 aliphatic carbocycles. The van der Waals surface area contributed by atoms with E-state index in [1.165, 1.54) is 0 Å². The second-order valence-corrected chi connectivity index (χ2v) is 12.3. The molecule has 0 aromatic heterocycles. The van der Waals surface area contributed by atoms with Gasteiger partial charge < -0.3 is 0 Å². The molecule has 18 heavy (non-hydrogen) atoms. The zero-order chi connectivity index (χ0) is 13.4. The van der Waals surface area contributed by atoms with E-state index >= 15 is 0 Å². The van der Waals surface area contributed by atoms with Crippen LogP contribution in [0.2, 0.25) is 0 Å². The maximum atomic E-state index is 6.62. The van der Waals surface area contributed by atoms with Crippen molar-refractivity contribution < 1.29 is 0 Å². The van der Waals surface area contributed by atoms with Gasteiger partial charge in [0.15, 0.2) is 0 Å². The summed E-state index contributed by atoms with van der Waals surface area (Å²) in [5.41, 5.74) is 5.14. The van der Waals surface area contributed by atoms with Crippen LogP contribution in [0.15, 0.2) is 48.5 Å². The summed E-state index contributed by atoms with van der Waals surface area (Å²) in [7, 11) is 0. The number of halogens is 2. The van der Waals surface area contributed by atoms with Gasteiger partial charge >= 0.3 is 118 Å². The van der Waals surface area contributed by atoms with Gasteiger partial charge in [0.1, 0.15) is 0 Å². The Morgan fingerprint density at radius 1 is 0.722 bits per heavy atom. The summed E-state index contributed by atoms with van der Waals surface area (Å²) in [6, 6.07) is 15.5. The molecule has 0 unspecified atom stereocenters. The zero-order valence-electron chi connectivity index (χ0n) is 10.4. The van der Waals surface area contributed by atoms with Crippen molar-refractivity contribution in [3.63, 3.8) is 0 Å². The third-order valence-electron chi connectivity index (χ3n) is 3.01. The van der Waals surface area contributed by atoms with Crippen molar-refractivity contribution in [2.75, 3.05) is 0 Å². The third-order valence-corrected chi connectivity index (χ3v) is 7.85. The molecule has 0 radical (unpaired) electrons. The van der Waals surface area contributed by atoms with E-state index in [0.717, 1.165) is 21.7 Å². The molecule has 0 saturated carbocycles. The van der Waals surface area contributed by atoms with Gasteiger partial charge in [-0.25, -0.2) is 0 Å². The Morgan fingerprint density at radius 2 is 1.00 bits per heavy atom. The standard InChI is InChI=1S/C14H16Cl2NP/c1-11-3-7-13(8-4-11)18(15,16,17)14-9-5-12(2)6-10-14/h3-10H,17H2,1-2H3. The molecule has 0 spiro atoms. The summed E-state index contributed by atoms with van der Waals surface area (Å²) in [5.74, 6) is 0. The van der Waals surface area contributed by atoms with Crippen LogP contribution in [0.25, 0.3) is 0 Å².